The van der Waals surface area contributed by atoms with E-state index in [1.54, 1.807) is 18.9 Å². The van der Waals surface area contributed by atoms with Crippen LogP contribution in [-0.2, 0) is 9.59 Å². The van der Waals surface area contributed by atoms with Crippen molar-refractivity contribution < 1.29 is 14.7 Å². The van der Waals surface area contributed by atoms with Crippen molar-refractivity contribution in [2.24, 2.45) is 5.73 Å². The summed E-state index contributed by atoms with van der Waals surface area (Å²) in [5, 5.41) is 12.5. The minimum absolute atomic E-state index is 0.0899. The van der Waals surface area contributed by atoms with Crippen LogP contribution in [0.2, 0.25) is 0 Å². The third-order valence-electron chi connectivity index (χ3n) is 4.80. The second-order valence-corrected chi connectivity index (χ2v) is 6.05. The zero-order chi connectivity index (χ0) is 15.1. The number of hydrogen-bond donors (Lipinski definition) is 3. The largest absolute Gasteiger partial charge is 0.391 e. The van der Waals surface area contributed by atoms with E-state index in [4.69, 9.17) is 5.73 Å². The summed E-state index contributed by atoms with van der Waals surface area (Å²) >= 11 is 0. The van der Waals surface area contributed by atoms with Gasteiger partial charge in [0.1, 0.15) is 11.6 Å². The molecule has 2 saturated heterocycles. The van der Waals surface area contributed by atoms with Crippen molar-refractivity contribution in [2.45, 2.75) is 43.5 Å². The molecule has 0 aromatic heterocycles. The molecular formula is C13H24N4O3. The van der Waals surface area contributed by atoms with Crippen molar-refractivity contribution >= 4 is 11.8 Å². The summed E-state index contributed by atoms with van der Waals surface area (Å²) in [6.07, 6.45) is 0.925. The first-order valence-electron chi connectivity index (χ1n) is 6.98. The SMILES string of the molecule is CC(O)C(C(N)=O)N(C)CC1CCC2(CNC2=O)N1C. The van der Waals surface area contributed by atoms with Crippen molar-refractivity contribution in [1.29, 1.82) is 0 Å². The van der Waals surface area contributed by atoms with Gasteiger partial charge in [-0.25, -0.2) is 0 Å². The Morgan fingerprint density at radius 1 is 1.70 bits per heavy atom. The fourth-order valence-electron chi connectivity index (χ4n) is 3.46. The maximum Gasteiger partial charge on any atom is 0.242 e. The molecule has 0 aliphatic carbocycles. The summed E-state index contributed by atoms with van der Waals surface area (Å²) in [5.41, 5.74) is 4.98. The first-order valence-corrected chi connectivity index (χ1v) is 6.98. The Labute approximate surface area is 119 Å². The normalized spacial score (nSPS) is 33.0. The Kier molecular flexibility index (Phi) is 4.04. The number of likely N-dealkylation sites (tertiary alicyclic amines) is 1. The van der Waals surface area contributed by atoms with Crippen LogP contribution in [0.3, 0.4) is 0 Å². The Morgan fingerprint density at radius 3 is 2.70 bits per heavy atom. The third kappa shape index (κ3) is 2.30. The summed E-state index contributed by atoms with van der Waals surface area (Å²) in [4.78, 5) is 27.1. The molecule has 0 radical (unpaired) electrons. The van der Waals surface area contributed by atoms with Crippen LogP contribution in [0.1, 0.15) is 19.8 Å². The second kappa shape index (κ2) is 5.31. The quantitative estimate of drug-likeness (QED) is 0.513. The predicted octanol–water partition coefficient (Wildman–Crippen LogP) is -1.88. The Balaban J connectivity index is 2.00. The maximum absolute atomic E-state index is 11.8. The summed E-state index contributed by atoms with van der Waals surface area (Å²) in [6.45, 7) is 2.85. The van der Waals surface area contributed by atoms with Gasteiger partial charge in [-0.05, 0) is 33.9 Å². The highest BCUT2D eigenvalue weighted by atomic mass is 16.3. The van der Waals surface area contributed by atoms with Gasteiger partial charge in [0.05, 0.1) is 6.10 Å². The van der Waals surface area contributed by atoms with Crippen molar-refractivity contribution in [3.05, 3.63) is 0 Å². The van der Waals surface area contributed by atoms with Gasteiger partial charge in [-0.15, -0.1) is 0 Å². The number of aliphatic hydroxyl groups is 1. The fraction of sp³-hybridized carbons (Fsp3) is 0.846. The minimum Gasteiger partial charge on any atom is -0.391 e. The summed E-state index contributed by atoms with van der Waals surface area (Å²) in [5.74, 6) is -0.439. The standard InChI is InChI=1S/C13H24N4O3/c1-8(18)10(11(14)19)16(2)6-9-4-5-13(17(9)3)7-15-12(13)20/h8-10,18H,4-7H2,1-3H3,(H2,14,19)(H,15,20). The van der Waals surface area contributed by atoms with Crippen LogP contribution in [0.5, 0.6) is 0 Å². The minimum atomic E-state index is -0.815. The van der Waals surface area contributed by atoms with Crippen LogP contribution >= 0.6 is 0 Å². The first-order chi connectivity index (χ1) is 9.29. The van der Waals surface area contributed by atoms with E-state index in [0.717, 1.165) is 12.8 Å². The van der Waals surface area contributed by atoms with Gasteiger partial charge in [-0.2, -0.15) is 0 Å². The van der Waals surface area contributed by atoms with Crippen LogP contribution in [0.15, 0.2) is 0 Å². The molecule has 2 aliphatic rings. The van der Waals surface area contributed by atoms with E-state index < -0.39 is 18.1 Å². The monoisotopic (exact) mass is 284 g/mol. The number of amides is 2. The Bertz CT molecular complexity index is 414. The number of rotatable bonds is 5. The molecule has 0 aromatic carbocycles. The summed E-state index contributed by atoms with van der Waals surface area (Å²) in [6, 6.07) is -0.512. The first kappa shape index (κ1) is 15.2. The lowest BCUT2D eigenvalue weighted by Gasteiger charge is -2.45. The molecule has 2 fully saturated rings. The van der Waals surface area contributed by atoms with Gasteiger partial charge in [-0.3, -0.25) is 19.4 Å². The number of carbonyl (C=O) groups is 2. The number of aliphatic hydroxyl groups excluding tert-OH is 1. The highest BCUT2D eigenvalue weighted by molar-refractivity contribution is 5.93. The van der Waals surface area contributed by atoms with Gasteiger partial charge < -0.3 is 16.2 Å². The fourth-order valence-corrected chi connectivity index (χ4v) is 3.46. The van der Waals surface area contributed by atoms with Crippen molar-refractivity contribution in [3.63, 3.8) is 0 Å². The van der Waals surface area contributed by atoms with E-state index in [-0.39, 0.29) is 17.5 Å². The molecule has 7 nitrogen and oxygen atoms in total. The van der Waals surface area contributed by atoms with Gasteiger partial charge in [0.2, 0.25) is 11.8 Å². The molecule has 20 heavy (non-hydrogen) atoms. The number of nitrogens with zero attached hydrogens (tertiary/aromatic N) is 2. The average Bonchev–Trinajstić information content (AvgIpc) is 2.66. The molecule has 4 atom stereocenters. The predicted molar refractivity (Wildman–Crippen MR) is 73.8 cm³/mol. The third-order valence-corrected chi connectivity index (χ3v) is 4.80. The molecule has 2 heterocycles. The lowest BCUT2D eigenvalue weighted by atomic mass is 9.89. The van der Waals surface area contributed by atoms with Gasteiger partial charge in [0, 0.05) is 19.1 Å². The number of nitrogens with one attached hydrogen (secondary N) is 1. The van der Waals surface area contributed by atoms with E-state index >= 15 is 0 Å². The van der Waals surface area contributed by atoms with Crippen LogP contribution in [0.25, 0.3) is 0 Å². The van der Waals surface area contributed by atoms with E-state index in [1.807, 2.05) is 7.05 Å². The average molecular weight is 284 g/mol. The van der Waals surface area contributed by atoms with Crippen molar-refractivity contribution in [1.82, 2.24) is 15.1 Å². The van der Waals surface area contributed by atoms with Crippen LogP contribution in [0, 0.1) is 0 Å². The van der Waals surface area contributed by atoms with Gasteiger partial charge in [0.15, 0.2) is 0 Å². The lowest BCUT2D eigenvalue weighted by Crippen LogP contribution is -2.71. The summed E-state index contributed by atoms with van der Waals surface area (Å²) < 4.78 is 0. The zero-order valence-corrected chi connectivity index (χ0v) is 12.3. The van der Waals surface area contributed by atoms with Gasteiger partial charge in [0.25, 0.3) is 0 Å². The maximum atomic E-state index is 11.8. The van der Waals surface area contributed by atoms with Crippen molar-refractivity contribution in [3.8, 4) is 0 Å². The van der Waals surface area contributed by atoms with Crippen molar-refractivity contribution in [2.75, 3.05) is 27.2 Å². The number of nitrogens with two attached hydrogens (primary N) is 1. The van der Waals surface area contributed by atoms with Crippen LogP contribution in [-0.4, -0.2) is 77.6 Å². The number of likely N-dealkylation sites (N-methyl/N-ethyl adjacent to an activating group) is 2. The molecule has 2 aliphatic heterocycles. The Morgan fingerprint density at radius 2 is 2.35 bits per heavy atom. The van der Waals surface area contributed by atoms with E-state index in [0.29, 0.717) is 13.1 Å². The van der Waals surface area contributed by atoms with Crippen LogP contribution < -0.4 is 11.1 Å². The molecule has 4 unspecified atom stereocenters. The van der Waals surface area contributed by atoms with E-state index in [9.17, 15) is 14.7 Å². The lowest BCUT2D eigenvalue weighted by molar-refractivity contribution is -0.141. The molecule has 0 bridgehead atoms. The molecule has 7 heteroatoms. The molecule has 0 saturated carbocycles. The number of primary amides is 1. The molecule has 2 amide bonds. The van der Waals surface area contributed by atoms with Crippen LogP contribution in [0.4, 0.5) is 0 Å². The number of β-lactam (4-membered cyclic amide) rings is 1. The molecular weight excluding hydrogens is 260 g/mol. The molecule has 114 valence electrons. The second-order valence-electron chi connectivity index (χ2n) is 6.05. The smallest absolute Gasteiger partial charge is 0.242 e. The number of hydrogen-bond acceptors (Lipinski definition) is 5. The Hall–Kier alpha value is -1.18. The topological polar surface area (TPSA) is 98.9 Å². The highest BCUT2D eigenvalue weighted by Crippen LogP contribution is 2.36. The van der Waals surface area contributed by atoms with E-state index in [2.05, 4.69) is 10.2 Å². The zero-order valence-electron chi connectivity index (χ0n) is 12.3. The molecule has 1 spiro atoms. The summed E-state index contributed by atoms with van der Waals surface area (Å²) in [7, 11) is 3.73. The van der Waals surface area contributed by atoms with E-state index in [1.165, 1.54) is 0 Å². The molecule has 2 rings (SSSR count). The number of carbonyl (C=O) groups excluding carboxylic acids is 2. The highest BCUT2D eigenvalue weighted by Gasteiger charge is 2.55. The molecule has 0 aromatic rings. The van der Waals surface area contributed by atoms with Gasteiger partial charge >= 0.3 is 0 Å². The van der Waals surface area contributed by atoms with Gasteiger partial charge in [-0.1, -0.05) is 0 Å². The molecule has 4 N–H and O–H groups in total.